The van der Waals surface area contributed by atoms with Gasteiger partial charge < -0.3 is 9.47 Å². The van der Waals surface area contributed by atoms with Crippen molar-refractivity contribution in [3.05, 3.63) is 0 Å². The lowest BCUT2D eigenvalue weighted by molar-refractivity contribution is -0.148. The van der Waals surface area contributed by atoms with Crippen LogP contribution < -0.4 is 5.32 Å². The Morgan fingerprint density at radius 3 is 2.67 bits per heavy atom. The van der Waals surface area contributed by atoms with Crippen molar-refractivity contribution in [2.45, 2.75) is 44.7 Å². The van der Waals surface area contributed by atoms with Gasteiger partial charge in [-0.25, -0.2) is 0 Å². The van der Waals surface area contributed by atoms with Gasteiger partial charge >= 0.3 is 5.97 Å². The van der Waals surface area contributed by atoms with Crippen LogP contribution in [0.25, 0.3) is 0 Å². The average molecular weight is 215 g/mol. The van der Waals surface area contributed by atoms with Gasteiger partial charge in [-0.1, -0.05) is 0 Å². The molecule has 1 saturated carbocycles. The van der Waals surface area contributed by atoms with Crippen molar-refractivity contribution in [1.82, 2.24) is 5.32 Å². The normalized spacial score (nSPS) is 19.7. The molecule has 0 aromatic rings. The van der Waals surface area contributed by atoms with Crippen LogP contribution in [0.1, 0.15) is 33.1 Å². The molecule has 1 fully saturated rings. The summed E-state index contributed by atoms with van der Waals surface area (Å²) < 4.78 is 10.1. The van der Waals surface area contributed by atoms with E-state index in [0.717, 1.165) is 12.8 Å². The number of nitrogens with one attached hydrogen (secondary N) is 1. The van der Waals surface area contributed by atoms with Gasteiger partial charge in [0.1, 0.15) is 5.54 Å². The molecular weight excluding hydrogens is 194 g/mol. The van der Waals surface area contributed by atoms with Gasteiger partial charge in [-0.3, -0.25) is 10.1 Å². The Balaban J connectivity index is 2.45. The second kappa shape index (κ2) is 5.47. The van der Waals surface area contributed by atoms with Crippen molar-refractivity contribution in [2.75, 3.05) is 20.3 Å². The Labute approximate surface area is 91.3 Å². The first kappa shape index (κ1) is 12.5. The van der Waals surface area contributed by atoms with E-state index in [9.17, 15) is 4.79 Å². The fraction of sp³-hybridized carbons (Fsp3) is 0.909. The molecule has 4 nitrogen and oxygen atoms in total. The van der Waals surface area contributed by atoms with Crippen LogP contribution in [0.3, 0.4) is 0 Å². The third kappa shape index (κ3) is 3.80. The average Bonchev–Trinajstić information content (AvgIpc) is 3.00. The minimum absolute atomic E-state index is 0.200. The smallest absolute Gasteiger partial charge is 0.325 e. The quantitative estimate of drug-likeness (QED) is 0.510. The van der Waals surface area contributed by atoms with E-state index in [1.807, 2.05) is 13.8 Å². The molecule has 0 radical (unpaired) electrons. The second-order valence-corrected chi connectivity index (χ2v) is 4.19. The Hall–Kier alpha value is -0.610. The molecule has 1 unspecified atom stereocenters. The van der Waals surface area contributed by atoms with Gasteiger partial charge in [0.2, 0.25) is 0 Å². The molecule has 4 heteroatoms. The molecule has 0 amide bonds. The Kier molecular flexibility index (Phi) is 4.54. The van der Waals surface area contributed by atoms with Crippen LogP contribution in [0.15, 0.2) is 0 Å². The zero-order valence-electron chi connectivity index (χ0n) is 9.84. The molecule has 0 aromatic heterocycles. The van der Waals surface area contributed by atoms with E-state index >= 15 is 0 Å². The summed E-state index contributed by atoms with van der Waals surface area (Å²) in [6.07, 6.45) is 2.96. The van der Waals surface area contributed by atoms with Crippen molar-refractivity contribution >= 4 is 5.97 Å². The van der Waals surface area contributed by atoms with Gasteiger partial charge in [-0.15, -0.1) is 0 Å². The number of carbonyl (C=O) groups is 1. The number of methoxy groups -OCH3 is 1. The molecule has 0 aromatic carbocycles. The van der Waals surface area contributed by atoms with Crippen molar-refractivity contribution in [3.8, 4) is 0 Å². The molecule has 1 aliphatic carbocycles. The maximum absolute atomic E-state index is 11.7. The fourth-order valence-corrected chi connectivity index (χ4v) is 1.56. The van der Waals surface area contributed by atoms with Gasteiger partial charge in [0.25, 0.3) is 0 Å². The Morgan fingerprint density at radius 2 is 2.20 bits per heavy atom. The van der Waals surface area contributed by atoms with Gasteiger partial charge in [-0.05, 0) is 33.1 Å². The van der Waals surface area contributed by atoms with E-state index in [1.54, 1.807) is 0 Å². The summed E-state index contributed by atoms with van der Waals surface area (Å²) in [6, 6.07) is 0.482. The lowest BCUT2D eigenvalue weighted by Crippen LogP contribution is -2.51. The molecule has 88 valence electrons. The number of hydrogen-bond acceptors (Lipinski definition) is 4. The summed E-state index contributed by atoms with van der Waals surface area (Å²) >= 11 is 0. The predicted molar refractivity (Wildman–Crippen MR) is 57.7 cm³/mol. The maximum Gasteiger partial charge on any atom is 0.325 e. The third-order valence-corrected chi connectivity index (χ3v) is 2.69. The highest BCUT2D eigenvalue weighted by Crippen LogP contribution is 2.24. The topological polar surface area (TPSA) is 47.6 Å². The summed E-state index contributed by atoms with van der Waals surface area (Å²) in [5, 5.41) is 3.32. The molecule has 1 N–H and O–H groups in total. The van der Waals surface area contributed by atoms with Crippen LogP contribution >= 0.6 is 0 Å². The van der Waals surface area contributed by atoms with Crippen LogP contribution in [0.5, 0.6) is 0 Å². The Bertz CT molecular complexity index is 216. The number of carbonyl (C=O) groups excluding carboxylic acids is 1. The molecule has 1 aliphatic rings. The summed E-state index contributed by atoms with van der Waals surface area (Å²) in [5.41, 5.74) is -0.592. The minimum Gasteiger partial charge on any atom is -0.468 e. The number of ether oxygens (including phenoxy) is 2. The van der Waals surface area contributed by atoms with Gasteiger partial charge in [0, 0.05) is 19.3 Å². The number of hydrogen-bond donors (Lipinski definition) is 1. The van der Waals surface area contributed by atoms with Crippen molar-refractivity contribution in [2.24, 2.45) is 0 Å². The molecule has 0 aliphatic heterocycles. The van der Waals surface area contributed by atoms with Crippen LogP contribution in [-0.4, -0.2) is 37.9 Å². The van der Waals surface area contributed by atoms with Gasteiger partial charge in [0.05, 0.1) is 7.11 Å². The third-order valence-electron chi connectivity index (χ3n) is 2.69. The molecule has 0 saturated heterocycles. The molecule has 1 rings (SSSR count). The predicted octanol–water partition coefficient (Wildman–Crippen LogP) is 1.10. The van der Waals surface area contributed by atoms with Crippen LogP contribution in [0.4, 0.5) is 0 Å². The molecular formula is C11H21NO3. The van der Waals surface area contributed by atoms with Crippen molar-refractivity contribution in [3.63, 3.8) is 0 Å². The van der Waals surface area contributed by atoms with E-state index in [1.165, 1.54) is 7.11 Å². The SMILES string of the molecule is CCOCCC(C)(NC1CC1)C(=O)OC. The largest absolute Gasteiger partial charge is 0.468 e. The fourth-order valence-electron chi connectivity index (χ4n) is 1.56. The van der Waals surface area contributed by atoms with E-state index < -0.39 is 5.54 Å². The summed E-state index contributed by atoms with van der Waals surface area (Å²) in [4.78, 5) is 11.7. The Morgan fingerprint density at radius 1 is 1.53 bits per heavy atom. The zero-order valence-corrected chi connectivity index (χ0v) is 9.84. The van der Waals surface area contributed by atoms with E-state index in [-0.39, 0.29) is 5.97 Å². The van der Waals surface area contributed by atoms with Gasteiger partial charge in [-0.2, -0.15) is 0 Å². The molecule has 15 heavy (non-hydrogen) atoms. The van der Waals surface area contributed by atoms with Crippen LogP contribution in [-0.2, 0) is 14.3 Å². The van der Waals surface area contributed by atoms with Crippen LogP contribution in [0, 0.1) is 0 Å². The van der Waals surface area contributed by atoms with Crippen LogP contribution in [0.2, 0.25) is 0 Å². The summed E-state index contributed by atoms with van der Waals surface area (Å²) in [7, 11) is 1.43. The van der Waals surface area contributed by atoms with E-state index in [0.29, 0.717) is 25.7 Å². The van der Waals surface area contributed by atoms with E-state index in [2.05, 4.69) is 5.32 Å². The molecule has 0 bridgehead atoms. The highest BCUT2D eigenvalue weighted by atomic mass is 16.5. The van der Waals surface area contributed by atoms with E-state index in [4.69, 9.17) is 9.47 Å². The number of rotatable bonds is 7. The zero-order chi connectivity index (χ0) is 11.3. The molecule has 0 spiro atoms. The maximum atomic E-state index is 11.7. The van der Waals surface area contributed by atoms with Crippen molar-refractivity contribution < 1.29 is 14.3 Å². The van der Waals surface area contributed by atoms with Gasteiger partial charge in [0.15, 0.2) is 0 Å². The minimum atomic E-state index is -0.592. The number of esters is 1. The lowest BCUT2D eigenvalue weighted by Gasteiger charge is -2.27. The first-order valence-electron chi connectivity index (χ1n) is 5.56. The first-order valence-corrected chi connectivity index (χ1v) is 5.56. The monoisotopic (exact) mass is 215 g/mol. The summed E-state index contributed by atoms with van der Waals surface area (Å²) in [5.74, 6) is -0.200. The standard InChI is InChI=1S/C11H21NO3/c1-4-15-8-7-11(2,10(13)14-3)12-9-5-6-9/h9,12H,4-8H2,1-3H3. The lowest BCUT2D eigenvalue weighted by atomic mass is 9.98. The highest BCUT2D eigenvalue weighted by molar-refractivity contribution is 5.80. The molecule has 0 heterocycles. The second-order valence-electron chi connectivity index (χ2n) is 4.19. The highest BCUT2D eigenvalue weighted by Gasteiger charge is 2.38. The molecule has 1 atom stereocenters. The summed E-state index contributed by atoms with van der Waals surface area (Å²) in [6.45, 7) is 5.10. The first-order chi connectivity index (χ1) is 7.12. The van der Waals surface area contributed by atoms with Crippen molar-refractivity contribution in [1.29, 1.82) is 0 Å².